The molecule has 1 aromatic carbocycles. The molecular weight excluding hydrogens is 328 g/mol. The third kappa shape index (κ3) is 3.48. The second-order valence-corrected chi connectivity index (χ2v) is 6.66. The summed E-state index contributed by atoms with van der Waals surface area (Å²) in [6, 6.07) is 5.96. The quantitative estimate of drug-likeness (QED) is 0.779. The maximum absolute atomic E-state index is 13.6. The monoisotopic (exact) mass is 343 g/mol. The van der Waals surface area contributed by atoms with Crippen LogP contribution in [0, 0.1) is 0 Å². The number of carbonyl (C=O) groups is 2. The van der Waals surface area contributed by atoms with Crippen LogP contribution in [0.25, 0.3) is 10.1 Å². The minimum Gasteiger partial charge on any atom is -0.478 e. The minimum atomic E-state index is -3.49. The molecule has 1 aromatic heterocycles. The van der Waals surface area contributed by atoms with Gasteiger partial charge in [0.1, 0.15) is 5.60 Å². The number of rotatable bonds is 5. The summed E-state index contributed by atoms with van der Waals surface area (Å²) in [5.74, 6) is -5.37. The lowest BCUT2D eigenvalue weighted by atomic mass is 10.0. The zero-order valence-electron chi connectivity index (χ0n) is 12.4. The molecule has 5 nitrogen and oxygen atoms in total. The van der Waals surface area contributed by atoms with Crippen LogP contribution in [-0.2, 0) is 0 Å². The van der Waals surface area contributed by atoms with E-state index in [9.17, 15) is 23.5 Å². The van der Waals surface area contributed by atoms with E-state index >= 15 is 0 Å². The summed E-state index contributed by atoms with van der Waals surface area (Å²) < 4.78 is 27.9. The molecule has 124 valence electrons. The summed E-state index contributed by atoms with van der Waals surface area (Å²) >= 11 is 1.01. The van der Waals surface area contributed by atoms with E-state index in [1.165, 1.54) is 12.1 Å². The Balaban J connectivity index is 2.23. The van der Waals surface area contributed by atoms with E-state index in [0.717, 1.165) is 25.2 Å². The fraction of sp³-hybridized carbons (Fsp3) is 0.333. The Hall–Kier alpha value is -2.06. The summed E-state index contributed by atoms with van der Waals surface area (Å²) in [5.41, 5.74) is -2.23. The molecule has 0 fully saturated rings. The van der Waals surface area contributed by atoms with Crippen LogP contribution in [0.1, 0.15) is 33.9 Å². The molecule has 0 saturated carbocycles. The Morgan fingerprint density at radius 1 is 1.30 bits per heavy atom. The molecule has 0 spiro atoms. The molecule has 0 aliphatic heterocycles. The molecule has 1 amide bonds. The smallest absolute Gasteiger partial charge is 0.336 e. The van der Waals surface area contributed by atoms with E-state index in [1.54, 1.807) is 12.1 Å². The summed E-state index contributed by atoms with van der Waals surface area (Å²) in [4.78, 5) is 23.3. The highest BCUT2D eigenvalue weighted by Crippen LogP contribution is 2.30. The largest absolute Gasteiger partial charge is 0.478 e. The Kier molecular flexibility index (Phi) is 4.41. The number of aliphatic hydroxyl groups is 1. The first-order valence-electron chi connectivity index (χ1n) is 6.67. The maximum Gasteiger partial charge on any atom is 0.336 e. The van der Waals surface area contributed by atoms with Gasteiger partial charge < -0.3 is 15.5 Å². The fourth-order valence-electron chi connectivity index (χ4n) is 1.85. The predicted octanol–water partition coefficient (Wildman–Crippen LogP) is 2.74. The van der Waals surface area contributed by atoms with Crippen LogP contribution in [-0.4, -0.2) is 40.2 Å². The number of carboxylic acid groups (broad SMARTS) is 1. The normalized spacial score (nSPS) is 12.4. The molecule has 0 radical (unpaired) electrons. The van der Waals surface area contributed by atoms with Gasteiger partial charge in [-0.1, -0.05) is 6.07 Å². The molecule has 1 heterocycles. The third-order valence-corrected chi connectivity index (χ3v) is 4.48. The number of aromatic carboxylic acids is 1. The van der Waals surface area contributed by atoms with Crippen molar-refractivity contribution in [2.75, 3.05) is 6.54 Å². The van der Waals surface area contributed by atoms with Crippen molar-refractivity contribution < 1.29 is 28.6 Å². The lowest BCUT2D eigenvalue weighted by Crippen LogP contribution is -2.50. The number of benzene rings is 1. The van der Waals surface area contributed by atoms with E-state index < -0.39 is 29.9 Å². The molecular formula is C15H15F2NO4S. The highest BCUT2D eigenvalue weighted by atomic mass is 32.1. The number of carboxylic acids is 1. The number of carbonyl (C=O) groups excluding carboxylic acids is 1. The number of alkyl halides is 2. The Morgan fingerprint density at radius 3 is 2.52 bits per heavy atom. The topological polar surface area (TPSA) is 86.6 Å². The van der Waals surface area contributed by atoms with Crippen LogP contribution in [0.2, 0.25) is 0 Å². The van der Waals surface area contributed by atoms with Crippen molar-refractivity contribution in [3.63, 3.8) is 0 Å². The van der Waals surface area contributed by atoms with Crippen molar-refractivity contribution in [1.29, 1.82) is 0 Å². The van der Waals surface area contributed by atoms with Gasteiger partial charge in [0.15, 0.2) is 0 Å². The molecule has 0 atom stereocenters. The van der Waals surface area contributed by atoms with Crippen LogP contribution in [0.4, 0.5) is 8.78 Å². The van der Waals surface area contributed by atoms with Crippen molar-refractivity contribution >= 4 is 33.3 Å². The Bertz CT molecular complexity index is 764. The number of hydrogen-bond donors (Lipinski definition) is 3. The summed E-state index contributed by atoms with van der Waals surface area (Å²) in [5, 5.41) is 20.9. The molecule has 2 aromatic rings. The molecule has 2 rings (SSSR count). The lowest BCUT2D eigenvalue weighted by Gasteiger charge is -2.28. The van der Waals surface area contributed by atoms with E-state index in [0.29, 0.717) is 10.1 Å². The van der Waals surface area contributed by atoms with Gasteiger partial charge in [-0.25, -0.2) is 13.6 Å². The van der Waals surface area contributed by atoms with Crippen LogP contribution >= 0.6 is 11.3 Å². The van der Waals surface area contributed by atoms with Gasteiger partial charge in [0.2, 0.25) is 0 Å². The molecule has 0 saturated heterocycles. The number of amides is 1. The fourth-order valence-corrected chi connectivity index (χ4v) is 2.86. The van der Waals surface area contributed by atoms with Gasteiger partial charge >= 0.3 is 5.97 Å². The van der Waals surface area contributed by atoms with Gasteiger partial charge in [0.05, 0.1) is 17.0 Å². The third-order valence-electron chi connectivity index (χ3n) is 3.38. The summed E-state index contributed by atoms with van der Waals surface area (Å²) in [7, 11) is 0. The maximum atomic E-state index is 13.6. The molecule has 3 N–H and O–H groups in total. The molecule has 0 unspecified atom stereocenters. The highest BCUT2D eigenvalue weighted by molar-refractivity contribution is 7.20. The van der Waals surface area contributed by atoms with E-state index in [-0.39, 0.29) is 10.4 Å². The second-order valence-electron chi connectivity index (χ2n) is 5.58. The molecule has 0 bridgehead atoms. The zero-order valence-corrected chi connectivity index (χ0v) is 13.2. The van der Waals surface area contributed by atoms with Crippen molar-refractivity contribution in [3.05, 3.63) is 34.7 Å². The van der Waals surface area contributed by atoms with E-state index in [4.69, 9.17) is 5.11 Å². The van der Waals surface area contributed by atoms with Gasteiger partial charge in [-0.3, -0.25) is 4.79 Å². The molecule has 23 heavy (non-hydrogen) atoms. The highest BCUT2D eigenvalue weighted by Gasteiger charge is 2.45. The van der Waals surface area contributed by atoms with E-state index in [2.05, 4.69) is 5.32 Å². The van der Waals surface area contributed by atoms with Gasteiger partial charge in [-0.05, 0) is 32.0 Å². The first-order chi connectivity index (χ1) is 10.5. The molecule has 8 heteroatoms. The number of hydrogen-bond acceptors (Lipinski definition) is 4. The number of halogens is 2. The van der Waals surface area contributed by atoms with Crippen molar-refractivity contribution in [2.45, 2.75) is 25.4 Å². The standard InChI is InChI=1S/C15H15F2NO4S/c1-14(2,22)15(16,17)7-18-12(19)11-6-9-8(13(20)21)4-3-5-10(9)23-11/h3-6,22H,7H2,1-2H3,(H,18,19)(H,20,21). The molecule has 0 aliphatic rings. The van der Waals surface area contributed by atoms with Gasteiger partial charge in [0.25, 0.3) is 11.8 Å². The number of thiophene rings is 1. The SMILES string of the molecule is CC(C)(O)C(F)(F)CNC(=O)c1cc2c(C(=O)O)cccc2s1. The first-order valence-corrected chi connectivity index (χ1v) is 7.49. The Labute approximate surface area is 134 Å². The summed E-state index contributed by atoms with van der Waals surface area (Å²) in [6.07, 6.45) is 0. The predicted molar refractivity (Wildman–Crippen MR) is 82.4 cm³/mol. The summed E-state index contributed by atoms with van der Waals surface area (Å²) in [6.45, 7) is 0.894. The van der Waals surface area contributed by atoms with Crippen molar-refractivity contribution in [1.82, 2.24) is 5.32 Å². The van der Waals surface area contributed by atoms with Gasteiger partial charge in [0, 0.05) is 10.1 Å². The number of fused-ring (bicyclic) bond motifs is 1. The van der Waals surface area contributed by atoms with Crippen LogP contribution in [0.3, 0.4) is 0 Å². The van der Waals surface area contributed by atoms with Gasteiger partial charge in [-0.2, -0.15) is 0 Å². The van der Waals surface area contributed by atoms with Crippen molar-refractivity contribution in [3.8, 4) is 0 Å². The zero-order chi connectivity index (χ0) is 17.4. The first kappa shape index (κ1) is 17.3. The second kappa shape index (κ2) is 5.86. The van der Waals surface area contributed by atoms with Crippen LogP contribution in [0.5, 0.6) is 0 Å². The van der Waals surface area contributed by atoms with Gasteiger partial charge in [-0.15, -0.1) is 11.3 Å². The lowest BCUT2D eigenvalue weighted by molar-refractivity contribution is -0.156. The van der Waals surface area contributed by atoms with E-state index in [1.807, 2.05) is 0 Å². The van der Waals surface area contributed by atoms with Crippen LogP contribution < -0.4 is 5.32 Å². The number of nitrogens with one attached hydrogen (secondary N) is 1. The Morgan fingerprint density at radius 2 is 1.96 bits per heavy atom. The average Bonchev–Trinajstić information content (AvgIpc) is 2.87. The van der Waals surface area contributed by atoms with Crippen molar-refractivity contribution in [2.24, 2.45) is 0 Å². The molecule has 0 aliphatic carbocycles. The minimum absolute atomic E-state index is 0.0413. The average molecular weight is 343 g/mol. The van der Waals surface area contributed by atoms with Crippen LogP contribution in [0.15, 0.2) is 24.3 Å².